The van der Waals surface area contributed by atoms with Crippen molar-refractivity contribution in [2.24, 2.45) is 0 Å². The largest absolute Gasteiger partial charge is 0.474 e. The van der Waals surface area contributed by atoms with Crippen LogP contribution in [0.25, 0.3) is 0 Å². The number of ether oxygens (including phenoxy) is 1. The van der Waals surface area contributed by atoms with Crippen LogP contribution >= 0.6 is 11.6 Å². The van der Waals surface area contributed by atoms with Crippen molar-refractivity contribution in [1.82, 2.24) is 15.3 Å². The third-order valence-corrected chi connectivity index (χ3v) is 4.89. The quantitative estimate of drug-likeness (QED) is 0.620. The lowest BCUT2D eigenvalue weighted by molar-refractivity contribution is -0.137. The topological polar surface area (TPSA) is 93.2 Å². The molecule has 0 saturated heterocycles. The summed E-state index contributed by atoms with van der Waals surface area (Å²) in [6, 6.07) is 3.72. The number of rotatable bonds is 8. The van der Waals surface area contributed by atoms with Gasteiger partial charge in [0, 0.05) is 24.4 Å². The van der Waals surface area contributed by atoms with Gasteiger partial charge in [-0.05, 0) is 37.5 Å². The fourth-order valence-corrected chi connectivity index (χ4v) is 2.96. The van der Waals surface area contributed by atoms with Gasteiger partial charge in [-0.1, -0.05) is 18.5 Å². The molecule has 2 heterocycles. The molecule has 2 N–H and O–H groups in total. The summed E-state index contributed by atoms with van der Waals surface area (Å²) in [5.41, 5.74) is -1.34. The second-order valence-corrected chi connectivity index (χ2v) is 7.67. The van der Waals surface area contributed by atoms with Crippen LogP contribution in [0.3, 0.4) is 0 Å². The van der Waals surface area contributed by atoms with E-state index < -0.39 is 17.3 Å². The van der Waals surface area contributed by atoms with E-state index in [0.717, 1.165) is 6.07 Å². The van der Waals surface area contributed by atoms with Gasteiger partial charge in [0.1, 0.15) is 17.4 Å². The maximum atomic E-state index is 12.7. The Balaban J connectivity index is 1.60. The first-order chi connectivity index (χ1) is 14.6. The lowest BCUT2D eigenvalue weighted by Crippen LogP contribution is -2.41. The molecule has 1 fully saturated rings. The Bertz CT molecular complexity index is 980. The fourth-order valence-electron chi connectivity index (χ4n) is 2.73. The predicted molar refractivity (Wildman–Crippen MR) is 107 cm³/mol. The van der Waals surface area contributed by atoms with E-state index in [-0.39, 0.29) is 35.1 Å². The molecule has 0 spiro atoms. The number of nitrogens with zero attached hydrogens (tertiary/aromatic N) is 2. The van der Waals surface area contributed by atoms with E-state index in [0.29, 0.717) is 37.4 Å². The molecule has 2 amide bonds. The molecule has 7 nitrogen and oxygen atoms in total. The number of pyridine rings is 2. The van der Waals surface area contributed by atoms with Crippen molar-refractivity contribution in [3.63, 3.8) is 0 Å². The summed E-state index contributed by atoms with van der Waals surface area (Å²) >= 11 is 5.85. The Hall–Kier alpha value is -2.88. The van der Waals surface area contributed by atoms with Gasteiger partial charge in [0.25, 0.3) is 5.91 Å². The number of anilines is 1. The predicted octanol–water partition coefficient (Wildman–Crippen LogP) is 4.23. The summed E-state index contributed by atoms with van der Waals surface area (Å²) in [5.74, 6) is -0.450. The maximum absolute atomic E-state index is 12.7. The minimum atomic E-state index is -4.56. The molecule has 0 atom stereocenters. The van der Waals surface area contributed by atoms with E-state index in [9.17, 15) is 22.8 Å². The monoisotopic (exact) mass is 456 g/mol. The molecule has 0 radical (unpaired) electrons. The number of nitrogens with one attached hydrogen (secondary N) is 2. The molecule has 0 bridgehead atoms. The van der Waals surface area contributed by atoms with Gasteiger partial charge < -0.3 is 15.4 Å². The zero-order chi connectivity index (χ0) is 22.6. The third kappa shape index (κ3) is 6.06. The molecule has 1 saturated carbocycles. The number of alkyl halides is 3. The zero-order valence-electron chi connectivity index (χ0n) is 16.6. The van der Waals surface area contributed by atoms with E-state index in [1.807, 2.05) is 6.92 Å². The van der Waals surface area contributed by atoms with Crippen LogP contribution in [0.15, 0.2) is 30.6 Å². The van der Waals surface area contributed by atoms with Gasteiger partial charge in [-0.15, -0.1) is 0 Å². The highest BCUT2D eigenvalue weighted by atomic mass is 35.5. The molecular formula is C20H20ClF3N4O3. The smallest absolute Gasteiger partial charge is 0.417 e. The molecule has 3 rings (SSSR count). The summed E-state index contributed by atoms with van der Waals surface area (Å²) in [5, 5.41) is 5.22. The van der Waals surface area contributed by atoms with E-state index in [4.69, 9.17) is 16.3 Å². The molecule has 1 aliphatic rings. The van der Waals surface area contributed by atoms with E-state index in [2.05, 4.69) is 20.6 Å². The van der Waals surface area contributed by atoms with Gasteiger partial charge in [-0.25, -0.2) is 9.97 Å². The van der Waals surface area contributed by atoms with Crippen LogP contribution in [0, 0.1) is 0 Å². The SMILES string of the molecule is CCCC(=O)Nc1cc(C(=O)NC2(COc3ncc(C(F)(F)F)cc3Cl)CC2)ccn1. The Kier molecular flexibility index (Phi) is 6.68. The molecule has 31 heavy (non-hydrogen) atoms. The summed E-state index contributed by atoms with van der Waals surface area (Å²) in [4.78, 5) is 32.0. The minimum Gasteiger partial charge on any atom is -0.474 e. The summed E-state index contributed by atoms with van der Waals surface area (Å²) in [6.07, 6.45) is -0.209. The Morgan fingerprint density at radius 1 is 1.26 bits per heavy atom. The highest BCUT2D eigenvalue weighted by Crippen LogP contribution is 2.38. The first-order valence-electron chi connectivity index (χ1n) is 9.56. The summed E-state index contributed by atoms with van der Waals surface area (Å²) in [6.45, 7) is 1.88. The van der Waals surface area contributed by atoms with Gasteiger partial charge in [-0.3, -0.25) is 9.59 Å². The average molecular weight is 457 g/mol. The second kappa shape index (κ2) is 9.09. The Morgan fingerprint density at radius 3 is 2.61 bits per heavy atom. The average Bonchev–Trinajstić information content (AvgIpc) is 3.46. The van der Waals surface area contributed by atoms with E-state index in [1.54, 1.807) is 0 Å². The van der Waals surface area contributed by atoms with Crippen LogP contribution in [0.4, 0.5) is 19.0 Å². The first kappa shape index (κ1) is 22.8. The lowest BCUT2D eigenvalue weighted by Gasteiger charge is -2.19. The van der Waals surface area contributed by atoms with Crippen LogP contribution < -0.4 is 15.4 Å². The van der Waals surface area contributed by atoms with Crippen molar-refractivity contribution >= 4 is 29.2 Å². The molecule has 2 aromatic heterocycles. The molecule has 11 heteroatoms. The lowest BCUT2D eigenvalue weighted by atomic mass is 10.2. The number of aromatic nitrogens is 2. The number of halogens is 4. The third-order valence-electron chi connectivity index (χ3n) is 4.62. The van der Waals surface area contributed by atoms with Gasteiger partial charge in [0.05, 0.1) is 11.1 Å². The molecule has 0 aliphatic heterocycles. The van der Waals surface area contributed by atoms with Crippen molar-refractivity contribution in [3.05, 3.63) is 46.7 Å². The maximum Gasteiger partial charge on any atom is 0.417 e. The molecule has 166 valence electrons. The van der Waals surface area contributed by atoms with Gasteiger partial charge in [0.15, 0.2) is 0 Å². The van der Waals surface area contributed by atoms with Crippen molar-refractivity contribution in [2.45, 2.75) is 44.3 Å². The minimum absolute atomic E-state index is 0.00199. The van der Waals surface area contributed by atoms with Crippen LogP contribution in [0.5, 0.6) is 5.88 Å². The number of carbonyl (C=O) groups is 2. The van der Waals surface area contributed by atoms with Gasteiger partial charge in [-0.2, -0.15) is 13.2 Å². The molecule has 1 aliphatic carbocycles. The van der Waals surface area contributed by atoms with Crippen molar-refractivity contribution in [2.75, 3.05) is 11.9 Å². The van der Waals surface area contributed by atoms with Crippen molar-refractivity contribution in [1.29, 1.82) is 0 Å². The molecular weight excluding hydrogens is 437 g/mol. The van der Waals surface area contributed by atoms with Crippen molar-refractivity contribution in [3.8, 4) is 5.88 Å². The number of hydrogen-bond donors (Lipinski definition) is 2. The van der Waals surface area contributed by atoms with Gasteiger partial charge in [0.2, 0.25) is 11.8 Å². The van der Waals surface area contributed by atoms with Crippen LogP contribution in [-0.2, 0) is 11.0 Å². The number of amides is 2. The van der Waals surface area contributed by atoms with Gasteiger partial charge >= 0.3 is 6.18 Å². The Morgan fingerprint density at radius 2 is 2.00 bits per heavy atom. The molecule has 2 aromatic rings. The zero-order valence-corrected chi connectivity index (χ0v) is 17.3. The standard InChI is InChI=1S/C20H20ClF3N4O3/c1-2-3-16(29)27-15-8-12(4-7-25-15)17(30)28-19(5-6-19)11-31-18-14(21)9-13(10-26-18)20(22,23)24/h4,7-10H,2-3,5-6,11H2,1H3,(H,28,30)(H,25,27,29). The van der Waals surface area contributed by atoms with E-state index >= 15 is 0 Å². The highest BCUT2D eigenvalue weighted by molar-refractivity contribution is 6.31. The van der Waals surface area contributed by atoms with Crippen LogP contribution in [0.2, 0.25) is 5.02 Å². The highest BCUT2D eigenvalue weighted by Gasteiger charge is 2.45. The van der Waals surface area contributed by atoms with Crippen LogP contribution in [0.1, 0.15) is 48.5 Å². The van der Waals surface area contributed by atoms with Crippen molar-refractivity contribution < 1.29 is 27.5 Å². The molecule has 0 aromatic carbocycles. The number of carbonyl (C=O) groups excluding carboxylic acids is 2. The summed E-state index contributed by atoms with van der Waals surface area (Å²) in [7, 11) is 0. The second-order valence-electron chi connectivity index (χ2n) is 7.26. The Labute approximate surface area is 181 Å². The summed E-state index contributed by atoms with van der Waals surface area (Å²) < 4.78 is 43.6. The van der Waals surface area contributed by atoms with Crippen LogP contribution in [-0.4, -0.2) is 33.9 Å². The first-order valence-corrected chi connectivity index (χ1v) is 9.94. The van der Waals surface area contributed by atoms with E-state index in [1.165, 1.54) is 18.3 Å². The normalized spacial score (nSPS) is 14.6. The fraction of sp³-hybridized carbons (Fsp3) is 0.400. The number of hydrogen-bond acceptors (Lipinski definition) is 5. The molecule has 0 unspecified atom stereocenters.